The van der Waals surface area contributed by atoms with Crippen molar-refractivity contribution in [1.29, 1.82) is 0 Å². The number of nitrogens with zero attached hydrogens (tertiary/aromatic N) is 2. The predicted octanol–water partition coefficient (Wildman–Crippen LogP) is 3.02. The SMILES string of the molecule is CCN(CC)C(CNS(=O)(=O)c1cccc([N+](=O)[O-])c1)c1ccsc1. The maximum atomic E-state index is 12.5. The van der Waals surface area contributed by atoms with Crippen LogP contribution in [0.4, 0.5) is 5.69 Å². The van der Waals surface area contributed by atoms with Crippen molar-refractivity contribution in [3.8, 4) is 0 Å². The number of nitrogens with one attached hydrogen (secondary N) is 1. The average Bonchev–Trinajstić information content (AvgIpc) is 3.13. The van der Waals surface area contributed by atoms with Gasteiger partial charge in [-0.2, -0.15) is 11.3 Å². The van der Waals surface area contributed by atoms with E-state index < -0.39 is 14.9 Å². The second-order valence-electron chi connectivity index (χ2n) is 5.40. The third-order valence-corrected chi connectivity index (χ3v) is 6.11. The van der Waals surface area contributed by atoms with Crippen molar-refractivity contribution in [2.75, 3.05) is 19.6 Å². The molecular weight excluding hydrogens is 362 g/mol. The minimum absolute atomic E-state index is 0.0882. The van der Waals surface area contributed by atoms with Crippen LogP contribution in [0.3, 0.4) is 0 Å². The van der Waals surface area contributed by atoms with Crippen molar-refractivity contribution < 1.29 is 13.3 Å². The Morgan fingerprint density at radius 1 is 1.28 bits per heavy atom. The van der Waals surface area contributed by atoms with Gasteiger partial charge in [0.05, 0.1) is 9.82 Å². The lowest BCUT2D eigenvalue weighted by Crippen LogP contribution is -2.37. The van der Waals surface area contributed by atoms with E-state index in [0.29, 0.717) is 0 Å². The van der Waals surface area contributed by atoms with Crippen LogP contribution in [-0.2, 0) is 10.0 Å². The Balaban J connectivity index is 2.21. The van der Waals surface area contributed by atoms with Gasteiger partial charge >= 0.3 is 0 Å². The van der Waals surface area contributed by atoms with Crippen molar-refractivity contribution in [3.05, 3.63) is 56.8 Å². The average molecular weight is 383 g/mol. The van der Waals surface area contributed by atoms with Crippen LogP contribution in [-0.4, -0.2) is 37.9 Å². The zero-order chi connectivity index (χ0) is 18.4. The van der Waals surface area contributed by atoms with E-state index in [1.54, 1.807) is 11.3 Å². The minimum Gasteiger partial charge on any atom is -0.296 e. The van der Waals surface area contributed by atoms with E-state index in [-0.39, 0.29) is 23.2 Å². The van der Waals surface area contributed by atoms with E-state index in [1.807, 2.05) is 30.7 Å². The van der Waals surface area contributed by atoms with E-state index in [4.69, 9.17) is 0 Å². The Bertz CT molecular complexity index is 803. The molecule has 0 aliphatic heterocycles. The van der Waals surface area contributed by atoms with Crippen LogP contribution < -0.4 is 4.72 Å². The molecule has 1 N–H and O–H groups in total. The molecule has 0 amide bonds. The van der Waals surface area contributed by atoms with Crippen LogP contribution in [0.1, 0.15) is 25.5 Å². The van der Waals surface area contributed by atoms with Crippen molar-refractivity contribution in [2.24, 2.45) is 0 Å². The molecule has 1 aromatic carbocycles. The highest BCUT2D eigenvalue weighted by Crippen LogP contribution is 2.23. The van der Waals surface area contributed by atoms with Gasteiger partial charge in [0.15, 0.2) is 0 Å². The number of benzene rings is 1. The highest BCUT2D eigenvalue weighted by atomic mass is 32.2. The number of thiophene rings is 1. The maximum absolute atomic E-state index is 12.5. The van der Waals surface area contributed by atoms with Crippen molar-refractivity contribution in [1.82, 2.24) is 9.62 Å². The Labute approximate surface area is 151 Å². The lowest BCUT2D eigenvalue weighted by Gasteiger charge is -2.29. The molecule has 0 saturated carbocycles. The summed E-state index contributed by atoms with van der Waals surface area (Å²) in [6.07, 6.45) is 0. The smallest absolute Gasteiger partial charge is 0.270 e. The highest BCUT2D eigenvalue weighted by molar-refractivity contribution is 7.89. The van der Waals surface area contributed by atoms with Crippen molar-refractivity contribution in [2.45, 2.75) is 24.8 Å². The van der Waals surface area contributed by atoms with E-state index >= 15 is 0 Å². The fraction of sp³-hybridized carbons (Fsp3) is 0.375. The van der Waals surface area contributed by atoms with Crippen LogP contribution in [0.15, 0.2) is 46.0 Å². The standard InChI is InChI=1S/C16H21N3O4S2/c1-3-18(4-2)16(13-8-9-24-12-13)11-17-25(22,23)15-7-5-6-14(10-15)19(20)21/h5-10,12,16-17H,3-4,11H2,1-2H3. The first-order chi connectivity index (χ1) is 11.9. The molecule has 9 heteroatoms. The first-order valence-electron chi connectivity index (χ1n) is 7.89. The number of nitro groups is 1. The number of rotatable bonds is 9. The number of hydrogen-bond acceptors (Lipinski definition) is 6. The quantitative estimate of drug-likeness (QED) is 0.531. The van der Waals surface area contributed by atoms with Gasteiger partial charge in [-0.25, -0.2) is 13.1 Å². The molecule has 136 valence electrons. The summed E-state index contributed by atoms with van der Waals surface area (Å²) in [5, 5.41) is 14.8. The summed E-state index contributed by atoms with van der Waals surface area (Å²) in [6.45, 7) is 5.82. The molecule has 2 rings (SSSR count). The monoisotopic (exact) mass is 383 g/mol. The van der Waals surface area contributed by atoms with Crippen LogP contribution in [0, 0.1) is 10.1 Å². The molecule has 0 fully saturated rings. The number of likely N-dealkylation sites (N-methyl/N-ethyl adjacent to an activating group) is 1. The third kappa shape index (κ3) is 4.85. The molecule has 1 aromatic heterocycles. The summed E-state index contributed by atoms with van der Waals surface area (Å²) in [6, 6.07) is 6.95. The van der Waals surface area contributed by atoms with Gasteiger partial charge in [-0.05, 0) is 41.5 Å². The van der Waals surface area contributed by atoms with E-state index in [2.05, 4.69) is 9.62 Å². The van der Waals surface area contributed by atoms with Gasteiger partial charge in [-0.3, -0.25) is 15.0 Å². The molecule has 2 aromatic rings. The first-order valence-corrected chi connectivity index (χ1v) is 10.3. The van der Waals surface area contributed by atoms with Gasteiger partial charge in [0.25, 0.3) is 5.69 Å². The Morgan fingerprint density at radius 2 is 2.00 bits per heavy atom. The van der Waals surface area contributed by atoms with Gasteiger partial charge in [0, 0.05) is 24.7 Å². The first kappa shape index (κ1) is 19.5. The molecule has 25 heavy (non-hydrogen) atoms. The molecule has 0 radical (unpaired) electrons. The molecule has 0 saturated heterocycles. The summed E-state index contributed by atoms with van der Waals surface area (Å²) in [7, 11) is -3.83. The topological polar surface area (TPSA) is 92.6 Å². The maximum Gasteiger partial charge on any atom is 0.270 e. The molecule has 1 unspecified atom stereocenters. The third-order valence-electron chi connectivity index (χ3n) is 3.99. The van der Waals surface area contributed by atoms with Crippen LogP contribution in [0.2, 0.25) is 0 Å². The van der Waals surface area contributed by atoms with Gasteiger partial charge in [-0.1, -0.05) is 19.9 Å². The fourth-order valence-corrected chi connectivity index (χ4v) is 4.41. The van der Waals surface area contributed by atoms with E-state index in [1.165, 1.54) is 18.2 Å². The highest BCUT2D eigenvalue weighted by Gasteiger charge is 2.23. The second-order valence-corrected chi connectivity index (χ2v) is 7.95. The number of nitro benzene ring substituents is 1. The molecular formula is C16H21N3O4S2. The number of sulfonamides is 1. The van der Waals surface area contributed by atoms with Crippen LogP contribution >= 0.6 is 11.3 Å². The number of hydrogen-bond donors (Lipinski definition) is 1. The van der Waals surface area contributed by atoms with E-state index in [9.17, 15) is 18.5 Å². The molecule has 0 aliphatic rings. The van der Waals surface area contributed by atoms with Gasteiger partial charge in [-0.15, -0.1) is 0 Å². The zero-order valence-corrected chi connectivity index (χ0v) is 15.7. The Kier molecular flexibility index (Phi) is 6.65. The van der Waals surface area contributed by atoms with Gasteiger partial charge < -0.3 is 0 Å². The number of non-ortho nitro benzene ring substituents is 1. The van der Waals surface area contributed by atoms with Crippen molar-refractivity contribution >= 4 is 27.0 Å². The zero-order valence-electron chi connectivity index (χ0n) is 14.1. The van der Waals surface area contributed by atoms with Crippen LogP contribution in [0.25, 0.3) is 0 Å². The summed E-state index contributed by atoms with van der Waals surface area (Å²) >= 11 is 1.56. The van der Waals surface area contributed by atoms with Gasteiger partial charge in [0.2, 0.25) is 10.0 Å². The Morgan fingerprint density at radius 3 is 2.56 bits per heavy atom. The van der Waals surface area contributed by atoms with E-state index in [0.717, 1.165) is 24.7 Å². The summed E-state index contributed by atoms with van der Waals surface area (Å²) < 4.78 is 27.7. The second kappa shape index (κ2) is 8.52. The van der Waals surface area contributed by atoms with Crippen LogP contribution in [0.5, 0.6) is 0 Å². The lowest BCUT2D eigenvalue weighted by atomic mass is 10.1. The predicted molar refractivity (Wildman–Crippen MR) is 98.3 cm³/mol. The molecule has 1 atom stereocenters. The van der Waals surface area contributed by atoms with Crippen molar-refractivity contribution in [3.63, 3.8) is 0 Å². The fourth-order valence-electron chi connectivity index (χ4n) is 2.62. The molecule has 7 nitrogen and oxygen atoms in total. The minimum atomic E-state index is -3.83. The normalized spacial score (nSPS) is 13.1. The molecule has 1 heterocycles. The van der Waals surface area contributed by atoms with Gasteiger partial charge in [0.1, 0.15) is 0 Å². The summed E-state index contributed by atoms with van der Waals surface area (Å²) in [5.41, 5.74) is 0.802. The lowest BCUT2D eigenvalue weighted by molar-refractivity contribution is -0.385. The Hall–Kier alpha value is -1.81. The molecule has 0 spiro atoms. The molecule has 0 aliphatic carbocycles. The summed E-state index contributed by atoms with van der Waals surface area (Å²) in [4.78, 5) is 12.3. The largest absolute Gasteiger partial charge is 0.296 e. The molecule has 0 bridgehead atoms. The summed E-state index contributed by atoms with van der Waals surface area (Å²) in [5.74, 6) is 0.